The molecule has 0 radical (unpaired) electrons. The number of carbonyl (C=O) groups is 1. The summed E-state index contributed by atoms with van der Waals surface area (Å²) in [6.07, 6.45) is 3.81. The minimum absolute atomic E-state index is 0.0706. The van der Waals surface area contributed by atoms with E-state index in [1.807, 2.05) is 29.2 Å². The van der Waals surface area contributed by atoms with Crippen LogP contribution < -0.4 is 0 Å². The maximum atomic E-state index is 12.4. The molecule has 1 aliphatic rings. The molecule has 19 heavy (non-hydrogen) atoms. The van der Waals surface area contributed by atoms with E-state index in [1.54, 1.807) is 6.20 Å². The predicted octanol–water partition coefficient (Wildman–Crippen LogP) is 3.08. The number of rotatable bonds is 2. The third-order valence-electron chi connectivity index (χ3n) is 3.38. The average Bonchev–Trinajstić information content (AvgIpc) is 3.09. The van der Waals surface area contributed by atoms with Gasteiger partial charge in [-0.2, -0.15) is 5.10 Å². The zero-order valence-corrected chi connectivity index (χ0v) is 12.0. The molecule has 2 heterocycles. The van der Waals surface area contributed by atoms with Crippen molar-refractivity contribution < 1.29 is 4.79 Å². The van der Waals surface area contributed by atoms with Crippen LogP contribution in [-0.2, 0) is 0 Å². The molecule has 98 valence electrons. The van der Waals surface area contributed by atoms with Crippen molar-refractivity contribution in [2.45, 2.75) is 12.8 Å². The number of amides is 1. The first kappa shape index (κ1) is 12.4. The number of nitrogens with zero attached hydrogens (tertiary/aromatic N) is 2. The lowest BCUT2D eigenvalue weighted by Gasteiger charge is -2.15. The standard InChI is InChI=1S/C14H14BrN3O/c15-11-5-3-4-10(8-11)13-12(9-16-17-13)14(19)18-6-1-2-7-18/h3-5,8-9H,1-2,6-7H2,(H,16,17). The number of carbonyl (C=O) groups excluding carboxylic acids is 1. The van der Waals surface area contributed by atoms with Crippen LogP contribution in [0.25, 0.3) is 11.3 Å². The Bertz CT molecular complexity index is 602. The molecule has 1 saturated heterocycles. The Morgan fingerprint density at radius 1 is 1.32 bits per heavy atom. The second-order valence-corrected chi connectivity index (χ2v) is 5.58. The summed E-state index contributed by atoms with van der Waals surface area (Å²) >= 11 is 3.45. The molecule has 0 aliphatic carbocycles. The van der Waals surface area contributed by atoms with E-state index in [4.69, 9.17) is 0 Å². The fourth-order valence-electron chi connectivity index (χ4n) is 2.40. The Balaban J connectivity index is 1.96. The zero-order chi connectivity index (χ0) is 13.2. The first-order chi connectivity index (χ1) is 9.25. The fourth-order valence-corrected chi connectivity index (χ4v) is 2.80. The van der Waals surface area contributed by atoms with Crippen LogP contribution in [0.5, 0.6) is 0 Å². The molecule has 0 unspecified atom stereocenters. The summed E-state index contributed by atoms with van der Waals surface area (Å²) in [6, 6.07) is 7.86. The number of hydrogen-bond acceptors (Lipinski definition) is 2. The predicted molar refractivity (Wildman–Crippen MR) is 76.9 cm³/mol. The number of benzene rings is 1. The second kappa shape index (κ2) is 5.17. The molecule has 1 amide bonds. The van der Waals surface area contributed by atoms with E-state index < -0.39 is 0 Å². The van der Waals surface area contributed by atoms with Crippen LogP contribution in [0.1, 0.15) is 23.2 Å². The molecule has 1 aliphatic heterocycles. The first-order valence-corrected chi connectivity index (χ1v) is 7.13. The SMILES string of the molecule is O=C(c1cn[nH]c1-c1cccc(Br)c1)N1CCCC1. The van der Waals surface area contributed by atoms with Crippen molar-refractivity contribution in [1.82, 2.24) is 15.1 Å². The summed E-state index contributed by atoms with van der Waals surface area (Å²) in [6.45, 7) is 1.70. The van der Waals surface area contributed by atoms with Crippen LogP contribution in [0, 0.1) is 0 Å². The van der Waals surface area contributed by atoms with Gasteiger partial charge in [-0.05, 0) is 25.0 Å². The number of hydrogen-bond donors (Lipinski definition) is 1. The maximum absolute atomic E-state index is 12.4. The number of nitrogens with one attached hydrogen (secondary N) is 1. The van der Waals surface area contributed by atoms with Gasteiger partial charge in [0.25, 0.3) is 5.91 Å². The van der Waals surface area contributed by atoms with E-state index in [-0.39, 0.29) is 5.91 Å². The number of aromatic amines is 1. The number of likely N-dealkylation sites (tertiary alicyclic amines) is 1. The lowest BCUT2D eigenvalue weighted by atomic mass is 10.1. The van der Waals surface area contributed by atoms with Crippen molar-refractivity contribution >= 4 is 21.8 Å². The van der Waals surface area contributed by atoms with Gasteiger partial charge in [0.05, 0.1) is 17.5 Å². The van der Waals surface area contributed by atoms with Crippen molar-refractivity contribution in [2.75, 3.05) is 13.1 Å². The molecule has 1 N–H and O–H groups in total. The monoisotopic (exact) mass is 319 g/mol. The Morgan fingerprint density at radius 2 is 2.11 bits per heavy atom. The Labute approximate surface area is 119 Å². The zero-order valence-electron chi connectivity index (χ0n) is 10.4. The van der Waals surface area contributed by atoms with E-state index in [0.717, 1.165) is 41.7 Å². The minimum atomic E-state index is 0.0706. The van der Waals surface area contributed by atoms with E-state index in [9.17, 15) is 4.79 Å². The molecule has 4 nitrogen and oxygen atoms in total. The van der Waals surface area contributed by atoms with Gasteiger partial charge in [-0.25, -0.2) is 0 Å². The van der Waals surface area contributed by atoms with Crippen LogP contribution in [0.2, 0.25) is 0 Å². The van der Waals surface area contributed by atoms with Gasteiger partial charge in [0.15, 0.2) is 0 Å². The van der Waals surface area contributed by atoms with Gasteiger partial charge in [0.2, 0.25) is 0 Å². The van der Waals surface area contributed by atoms with E-state index in [2.05, 4.69) is 26.1 Å². The molecular weight excluding hydrogens is 306 g/mol. The van der Waals surface area contributed by atoms with Crippen LogP contribution in [0.4, 0.5) is 0 Å². The van der Waals surface area contributed by atoms with Crippen LogP contribution in [0.15, 0.2) is 34.9 Å². The van der Waals surface area contributed by atoms with Gasteiger partial charge in [-0.15, -0.1) is 0 Å². The largest absolute Gasteiger partial charge is 0.339 e. The third kappa shape index (κ3) is 2.42. The molecule has 1 aromatic carbocycles. The smallest absolute Gasteiger partial charge is 0.257 e. The highest BCUT2D eigenvalue weighted by Gasteiger charge is 2.23. The Morgan fingerprint density at radius 3 is 2.84 bits per heavy atom. The van der Waals surface area contributed by atoms with Crippen LogP contribution >= 0.6 is 15.9 Å². The number of aromatic nitrogens is 2. The molecule has 0 spiro atoms. The normalized spacial score (nSPS) is 14.9. The summed E-state index contributed by atoms with van der Waals surface area (Å²) in [7, 11) is 0. The first-order valence-electron chi connectivity index (χ1n) is 6.34. The van der Waals surface area contributed by atoms with Crippen molar-refractivity contribution in [1.29, 1.82) is 0 Å². The number of halogens is 1. The van der Waals surface area contributed by atoms with Gasteiger partial charge >= 0.3 is 0 Å². The fraction of sp³-hybridized carbons (Fsp3) is 0.286. The molecular formula is C14H14BrN3O. The summed E-state index contributed by atoms with van der Waals surface area (Å²) in [5, 5.41) is 6.97. The van der Waals surface area contributed by atoms with Crippen LogP contribution in [-0.4, -0.2) is 34.1 Å². The van der Waals surface area contributed by atoms with Gasteiger partial charge in [-0.1, -0.05) is 28.1 Å². The molecule has 0 atom stereocenters. The van der Waals surface area contributed by atoms with Gasteiger partial charge in [0, 0.05) is 23.1 Å². The summed E-state index contributed by atoms with van der Waals surface area (Å²) < 4.78 is 0.985. The van der Waals surface area contributed by atoms with Crippen molar-refractivity contribution in [2.24, 2.45) is 0 Å². The average molecular weight is 320 g/mol. The van der Waals surface area contributed by atoms with Gasteiger partial charge < -0.3 is 4.90 Å². The highest BCUT2D eigenvalue weighted by Crippen LogP contribution is 2.25. The lowest BCUT2D eigenvalue weighted by Crippen LogP contribution is -2.27. The van der Waals surface area contributed by atoms with Crippen molar-refractivity contribution in [3.8, 4) is 11.3 Å². The summed E-state index contributed by atoms with van der Waals surface area (Å²) in [4.78, 5) is 14.3. The molecule has 5 heteroatoms. The summed E-state index contributed by atoms with van der Waals surface area (Å²) in [5.74, 6) is 0.0706. The highest BCUT2D eigenvalue weighted by molar-refractivity contribution is 9.10. The molecule has 2 aromatic rings. The molecule has 0 bridgehead atoms. The van der Waals surface area contributed by atoms with Crippen molar-refractivity contribution in [3.05, 3.63) is 40.5 Å². The molecule has 3 rings (SSSR count). The second-order valence-electron chi connectivity index (χ2n) is 4.67. The van der Waals surface area contributed by atoms with Gasteiger partial charge in [0.1, 0.15) is 0 Å². The van der Waals surface area contributed by atoms with Gasteiger partial charge in [-0.3, -0.25) is 9.89 Å². The van der Waals surface area contributed by atoms with E-state index in [0.29, 0.717) is 5.56 Å². The highest BCUT2D eigenvalue weighted by atomic mass is 79.9. The Kier molecular flexibility index (Phi) is 3.38. The topological polar surface area (TPSA) is 49.0 Å². The van der Waals surface area contributed by atoms with Crippen molar-refractivity contribution in [3.63, 3.8) is 0 Å². The molecule has 1 fully saturated rings. The summed E-state index contributed by atoms with van der Waals surface area (Å²) in [5.41, 5.74) is 2.41. The quantitative estimate of drug-likeness (QED) is 0.924. The van der Waals surface area contributed by atoms with E-state index >= 15 is 0 Å². The maximum Gasteiger partial charge on any atom is 0.257 e. The van der Waals surface area contributed by atoms with Crippen LogP contribution in [0.3, 0.4) is 0 Å². The molecule has 0 saturated carbocycles. The van der Waals surface area contributed by atoms with E-state index in [1.165, 1.54) is 0 Å². The minimum Gasteiger partial charge on any atom is -0.339 e. The number of H-pyrrole nitrogens is 1. The third-order valence-corrected chi connectivity index (χ3v) is 3.87. The Hall–Kier alpha value is -1.62. The lowest BCUT2D eigenvalue weighted by molar-refractivity contribution is 0.0793. The molecule has 1 aromatic heterocycles.